The summed E-state index contributed by atoms with van der Waals surface area (Å²) in [5, 5.41) is 10.4. The van der Waals surface area contributed by atoms with E-state index in [0.717, 1.165) is 60.6 Å². The van der Waals surface area contributed by atoms with Crippen LogP contribution >= 0.6 is 0 Å². The van der Waals surface area contributed by atoms with Crippen molar-refractivity contribution >= 4 is 53.4 Å². The van der Waals surface area contributed by atoms with Gasteiger partial charge in [0.05, 0.1) is 5.56 Å². The first-order chi connectivity index (χ1) is 26.8. The van der Waals surface area contributed by atoms with Gasteiger partial charge in [-0.05, 0) is 6.07 Å². The molecule has 0 aromatic heterocycles. The van der Waals surface area contributed by atoms with Gasteiger partial charge in [0.1, 0.15) is 37.3 Å². The predicted octanol–water partition coefficient (Wildman–Crippen LogP) is 0.291. The van der Waals surface area contributed by atoms with Gasteiger partial charge in [0, 0.05) is 60.1 Å². The number of carbonyl (C=O) groups is 9. The molecule has 1 N–H and O–H groups in total. The highest BCUT2D eigenvalue weighted by Gasteiger charge is 2.58. The third-order valence-electron chi connectivity index (χ3n) is 8.15. The molecule has 0 bridgehead atoms. The van der Waals surface area contributed by atoms with Crippen molar-refractivity contribution in [3.8, 4) is 5.75 Å². The van der Waals surface area contributed by atoms with Gasteiger partial charge in [0.15, 0.2) is 42.2 Å². The Kier molecular flexibility index (Phi) is 14.4. The van der Waals surface area contributed by atoms with Gasteiger partial charge in [-0.3, -0.25) is 43.2 Å². The molecule has 1 aromatic rings. The lowest BCUT2D eigenvalue weighted by Crippen LogP contribution is -2.67. The minimum absolute atomic E-state index is 0.141. The summed E-state index contributed by atoms with van der Waals surface area (Å²) in [7, 11) is 0. The number of carbonyl (C=O) groups excluding carboxylic acids is 9. The minimum atomic E-state index is -1.94. The van der Waals surface area contributed by atoms with Crippen molar-refractivity contribution in [2.75, 3.05) is 13.2 Å². The summed E-state index contributed by atoms with van der Waals surface area (Å²) in [6.45, 7) is 5.64. The van der Waals surface area contributed by atoms with E-state index in [4.69, 9.17) is 52.1 Å². The molecule has 2 fully saturated rings. The van der Waals surface area contributed by atoms with E-state index in [9.17, 15) is 48.3 Å². The number of ether oxygens (including phenoxy) is 11. The number of allylic oxidation sites excluding steroid dienone is 2. The summed E-state index contributed by atoms with van der Waals surface area (Å²) in [5.74, 6) is -9.51. The Balaban J connectivity index is 1.83. The fourth-order valence-corrected chi connectivity index (χ4v) is 6.15. The van der Waals surface area contributed by atoms with E-state index in [-0.39, 0.29) is 5.56 Å². The monoisotopic (exact) mass is 808 g/mol. The number of benzene rings is 1. The number of aromatic hydroxyl groups is 1. The van der Waals surface area contributed by atoms with Crippen LogP contribution in [0.2, 0.25) is 0 Å². The van der Waals surface area contributed by atoms with Crippen molar-refractivity contribution in [2.45, 2.75) is 110 Å². The molecule has 3 aliphatic rings. The standard InChI is InChI=1S/C36H40O21/c1-14(37)47-12-25-29(49-16(3)39)31(50-17(4)40)34(53-20(7)43)36(56-25)57-30-26(13-48-15(2)38)55-35(33(52-19(6)42)32(30)51-18(5)41)54-24-11-23(45)21-9-8-10-22(44)27(21)28(24)46/h8-11,25-26,29-36,44H,12-13H2,1-7H3/t25-,26-,29-,30-,31+,32+,33-,34?,35-,36-/m1/s1. The van der Waals surface area contributed by atoms with Crippen molar-refractivity contribution in [1.29, 1.82) is 0 Å². The number of phenolic OH excluding ortho intramolecular Hbond substituents is 1. The Morgan fingerprint density at radius 3 is 1.53 bits per heavy atom. The first-order valence-corrected chi connectivity index (χ1v) is 17.2. The Morgan fingerprint density at radius 2 is 1.02 bits per heavy atom. The fourth-order valence-electron chi connectivity index (χ4n) is 6.15. The van der Waals surface area contributed by atoms with E-state index in [0.29, 0.717) is 0 Å². The second-order valence-corrected chi connectivity index (χ2v) is 12.7. The summed E-state index contributed by atoms with van der Waals surface area (Å²) in [6, 6.07) is 3.80. The largest absolute Gasteiger partial charge is 0.507 e. The smallest absolute Gasteiger partial charge is 0.303 e. The van der Waals surface area contributed by atoms with Gasteiger partial charge >= 0.3 is 41.8 Å². The Hall–Kier alpha value is -5.93. The van der Waals surface area contributed by atoms with Crippen molar-refractivity contribution in [1.82, 2.24) is 0 Å². The maximum absolute atomic E-state index is 13.5. The molecule has 2 heterocycles. The maximum atomic E-state index is 13.5. The number of hydrogen-bond acceptors (Lipinski definition) is 21. The van der Waals surface area contributed by atoms with Crippen LogP contribution in [-0.4, -0.2) is 133 Å². The summed E-state index contributed by atoms with van der Waals surface area (Å²) in [4.78, 5) is 113. The molecule has 57 heavy (non-hydrogen) atoms. The Morgan fingerprint density at radius 1 is 0.579 bits per heavy atom. The highest BCUT2D eigenvalue weighted by Crippen LogP contribution is 2.37. The van der Waals surface area contributed by atoms with E-state index >= 15 is 0 Å². The van der Waals surface area contributed by atoms with E-state index in [2.05, 4.69) is 0 Å². The zero-order valence-corrected chi connectivity index (χ0v) is 31.6. The number of ketones is 2. The van der Waals surface area contributed by atoms with Gasteiger partial charge in [0.2, 0.25) is 18.2 Å². The first-order valence-electron chi connectivity index (χ1n) is 17.2. The van der Waals surface area contributed by atoms with Crippen LogP contribution in [0.4, 0.5) is 0 Å². The van der Waals surface area contributed by atoms with Gasteiger partial charge in [-0.2, -0.15) is 0 Å². The molecule has 21 nitrogen and oxygen atoms in total. The molecule has 0 saturated carbocycles. The lowest BCUT2D eigenvalue weighted by molar-refractivity contribution is -0.358. The number of esters is 7. The number of rotatable bonds is 13. The van der Waals surface area contributed by atoms with Gasteiger partial charge in [-0.25, -0.2) is 0 Å². The zero-order valence-electron chi connectivity index (χ0n) is 31.6. The SMILES string of the molecule is CC(=O)OC[C@H]1O[C@@H](OC2=CC(=O)c3cccc(O)c3C2=O)[C@H](OC(C)=O)[C@@H](OC(C)=O)[C@@H]1O[C@H]1O[C@H](COC(C)=O)[C@@H](OC(C)=O)[C@H](OC(C)=O)C1OC(C)=O. The molecule has 1 unspecified atom stereocenters. The first kappa shape index (κ1) is 43.8. The third-order valence-corrected chi connectivity index (χ3v) is 8.15. The van der Waals surface area contributed by atoms with Crippen LogP contribution in [0.15, 0.2) is 30.0 Å². The average Bonchev–Trinajstić information content (AvgIpc) is 3.09. The predicted molar refractivity (Wildman–Crippen MR) is 179 cm³/mol. The molecule has 0 amide bonds. The molecule has 4 rings (SSSR count). The number of phenols is 1. The zero-order chi connectivity index (χ0) is 42.3. The second kappa shape index (κ2) is 18.8. The maximum Gasteiger partial charge on any atom is 0.303 e. The van der Waals surface area contributed by atoms with E-state index in [1.807, 2.05) is 0 Å². The highest BCUT2D eigenvalue weighted by atomic mass is 16.8. The van der Waals surface area contributed by atoms with Crippen LogP contribution in [0.25, 0.3) is 0 Å². The number of fused-ring (bicyclic) bond motifs is 1. The molecule has 1 aliphatic carbocycles. The van der Waals surface area contributed by atoms with Crippen LogP contribution in [0.5, 0.6) is 5.75 Å². The molecule has 2 aliphatic heterocycles. The molecule has 0 spiro atoms. The third kappa shape index (κ3) is 11.1. The number of Topliss-reactive ketones (excluding diaryl/α,β-unsaturated/α-hetero) is 1. The molecule has 310 valence electrons. The van der Waals surface area contributed by atoms with Crippen LogP contribution in [0.1, 0.15) is 69.2 Å². The lowest BCUT2D eigenvalue weighted by Gasteiger charge is -2.48. The number of hydrogen-bond donors (Lipinski definition) is 1. The van der Waals surface area contributed by atoms with Gasteiger partial charge in [0.25, 0.3) is 0 Å². The van der Waals surface area contributed by atoms with Crippen LogP contribution < -0.4 is 0 Å². The Bertz CT molecular complexity index is 1820. The van der Waals surface area contributed by atoms with Crippen molar-refractivity contribution in [3.63, 3.8) is 0 Å². The topological polar surface area (TPSA) is 275 Å². The average molecular weight is 809 g/mol. The quantitative estimate of drug-likeness (QED) is 0.207. The van der Waals surface area contributed by atoms with E-state index < -0.39 is 145 Å². The van der Waals surface area contributed by atoms with Crippen LogP contribution in [-0.2, 0) is 85.7 Å². The van der Waals surface area contributed by atoms with E-state index in [1.165, 1.54) is 12.1 Å². The minimum Gasteiger partial charge on any atom is -0.507 e. The van der Waals surface area contributed by atoms with Crippen molar-refractivity contribution < 1.29 is 100 Å². The van der Waals surface area contributed by atoms with Gasteiger partial charge in [-0.1, -0.05) is 12.1 Å². The summed E-state index contributed by atoms with van der Waals surface area (Å²) in [6.07, 6.45) is -16.8. The highest BCUT2D eigenvalue weighted by molar-refractivity contribution is 6.24. The lowest BCUT2D eigenvalue weighted by atomic mass is 9.92. The van der Waals surface area contributed by atoms with Crippen LogP contribution in [0, 0.1) is 0 Å². The molecule has 2 saturated heterocycles. The van der Waals surface area contributed by atoms with Gasteiger partial charge < -0.3 is 57.2 Å². The summed E-state index contributed by atoms with van der Waals surface area (Å²) < 4.78 is 61.8. The van der Waals surface area contributed by atoms with Crippen LogP contribution in [0.3, 0.4) is 0 Å². The summed E-state index contributed by atoms with van der Waals surface area (Å²) >= 11 is 0. The second-order valence-electron chi connectivity index (χ2n) is 12.7. The molecule has 21 heteroatoms. The molecular weight excluding hydrogens is 768 g/mol. The molecular formula is C36H40O21. The molecule has 1 aromatic carbocycles. The normalized spacial score (nSPS) is 28.0. The summed E-state index contributed by atoms with van der Waals surface area (Å²) in [5.41, 5.74) is -0.546. The van der Waals surface area contributed by atoms with Crippen molar-refractivity contribution in [2.24, 2.45) is 0 Å². The fraction of sp³-hybridized carbons (Fsp3) is 0.528. The molecule has 0 radical (unpaired) electrons. The molecule has 10 atom stereocenters. The van der Waals surface area contributed by atoms with E-state index in [1.54, 1.807) is 0 Å². The van der Waals surface area contributed by atoms with Crippen molar-refractivity contribution in [3.05, 3.63) is 41.2 Å². The Labute approximate surface area is 323 Å². The van der Waals surface area contributed by atoms with Gasteiger partial charge in [-0.15, -0.1) is 0 Å².